The van der Waals surface area contributed by atoms with Crippen LogP contribution >= 0.6 is 8.25 Å². The molecular formula is C21H32FN5O6P+. The summed E-state index contributed by atoms with van der Waals surface area (Å²) in [6.07, 6.45) is 7.70. The van der Waals surface area contributed by atoms with Gasteiger partial charge in [0.25, 0.3) is 0 Å². The standard InChI is InChI=1S/C21H32FN5O6P/c1-3-4-5-6-7-8-11-30-16(28)12-31-34(29)32-13-21(2)10-9-15(33-21)27-14-24-17-18(23)25-20(22)26-19(17)27/h14-15H,3-13H2,1-2H3,(H2,23,25,26)/q+1/t15-,21+/m1/s1. The highest BCUT2D eigenvalue weighted by atomic mass is 31.1. The Hall–Kier alpha value is -2.27. The first-order valence-electron chi connectivity index (χ1n) is 11.5. The van der Waals surface area contributed by atoms with Gasteiger partial charge >= 0.3 is 20.3 Å². The number of carbonyl (C=O) groups is 1. The number of imidazole rings is 1. The van der Waals surface area contributed by atoms with Crippen molar-refractivity contribution in [3.8, 4) is 0 Å². The highest BCUT2D eigenvalue weighted by Crippen LogP contribution is 2.39. The van der Waals surface area contributed by atoms with Crippen molar-refractivity contribution in [1.82, 2.24) is 19.5 Å². The van der Waals surface area contributed by atoms with E-state index >= 15 is 0 Å². The van der Waals surface area contributed by atoms with Gasteiger partial charge in [-0.2, -0.15) is 14.4 Å². The lowest BCUT2D eigenvalue weighted by atomic mass is 10.0. The van der Waals surface area contributed by atoms with E-state index in [1.54, 1.807) is 11.5 Å². The number of aromatic nitrogens is 4. The Labute approximate surface area is 198 Å². The molecular weight excluding hydrogens is 468 g/mol. The third-order valence-corrected chi connectivity index (χ3v) is 6.28. The molecule has 0 amide bonds. The third-order valence-electron chi connectivity index (χ3n) is 5.60. The van der Waals surface area contributed by atoms with Crippen LogP contribution in [0.5, 0.6) is 0 Å². The number of carbonyl (C=O) groups excluding carboxylic acids is 1. The molecule has 0 spiro atoms. The second kappa shape index (κ2) is 12.4. The Morgan fingerprint density at radius 2 is 2.06 bits per heavy atom. The fourth-order valence-electron chi connectivity index (χ4n) is 3.74. The van der Waals surface area contributed by atoms with Crippen molar-refractivity contribution in [2.24, 2.45) is 0 Å². The fraction of sp³-hybridized carbons (Fsp3) is 0.714. The van der Waals surface area contributed by atoms with Crippen molar-refractivity contribution in [2.45, 2.75) is 77.0 Å². The molecule has 11 nitrogen and oxygen atoms in total. The van der Waals surface area contributed by atoms with Gasteiger partial charge in [-0.3, -0.25) is 4.57 Å². The van der Waals surface area contributed by atoms with E-state index < -0.39 is 38.7 Å². The minimum Gasteiger partial charge on any atom is -0.464 e. The van der Waals surface area contributed by atoms with Gasteiger partial charge in [0.05, 0.1) is 18.5 Å². The van der Waals surface area contributed by atoms with Crippen molar-refractivity contribution in [3.05, 3.63) is 12.4 Å². The predicted molar refractivity (Wildman–Crippen MR) is 121 cm³/mol. The first-order valence-corrected chi connectivity index (χ1v) is 12.6. The number of nitrogens with zero attached hydrogens (tertiary/aromatic N) is 4. The molecule has 0 saturated carbocycles. The molecule has 13 heteroatoms. The molecule has 1 saturated heterocycles. The summed E-state index contributed by atoms with van der Waals surface area (Å²) in [6, 6.07) is 0. The second-order valence-electron chi connectivity index (χ2n) is 8.52. The SMILES string of the molecule is CCCCCCCCOC(=O)CO[P+](=O)OC[C@]1(C)CC[C@H](n2cnc3c(N)nc(F)nc32)O1. The molecule has 1 fully saturated rings. The van der Waals surface area contributed by atoms with E-state index in [0.29, 0.717) is 19.4 Å². The van der Waals surface area contributed by atoms with Crippen molar-refractivity contribution in [2.75, 3.05) is 25.6 Å². The summed E-state index contributed by atoms with van der Waals surface area (Å²) in [7, 11) is -2.52. The lowest BCUT2D eigenvalue weighted by Gasteiger charge is -2.22. The Morgan fingerprint density at radius 3 is 2.85 bits per heavy atom. The zero-order chi connectivity index (χ0) is 24.6. The molecule has 34 heavy (non-hydrogen) atoms. The lowest BCUT2D eigenvalue weighted by Crippen LogP contribution is -2.29. The number of unbranched alkanes of at least 4 members (excludes halogenated alkanes) is 5. The largest absolute Gasteiger partial charge is 0.698 e. The van der Waals surface area contributed by atoms with Crippen molar-refractivity contribution >= 4 is 31.2 Å². The molecule has 3 atom stereocenters. The number of hydrogen-bond acceptors (Lipinski definition) is 10. The van der Waals surface area contributed by atoms with Crippen LogP contribution in [-0.2, 0) is 27.9 Å². The zero-order valence-electron chi connectivity index (χ0n) is 19.6. The third kappa shape index (κ3) is 7.36. The van der Waals surface area contributed by atoms with Crippen LogP contribution in [0.2, 0.25) is 0 Å². The summed E-state index contributed by atoms with van der Waals surface area (Å²) >= 11 is 0. The van der Waals surface area contributed by atoms with Gasteiger partial charge in [-0.05, 0) is 26.2 Å². The first-order chi connectivity index (χ1) is 16.3. The molecule has 0 radical (unpaired) electrons. The number of rotatable bonds is 14. The van der Waals surface area contributed by atoms with Crippen LogP contribution in [0.3, 0.4) is 0 Å². The first kappa shape index (κ1) is 26.3. The van der Waals surface area contributed by atoms with Crippen molar-refractivity contribution in [3.63, 3.8) is 0 Å². The number of hydrogen-bond donors (Lipinski definition) is 1. The maximum Gasteiger partial charge on any atom is 0.698 e. The van der Waals surface area contributed by atoms with E-state index in [0.717, 1.165) is 19.3 Å². The van der Waals surface area contributed by atoms with Crippen LogP contribution in [0.4, 0.5) is 10.2 Å². The smallest absolute Gasteiger partial charge is 0.464 e. The van der Waals surface area contributed by atoms with E-state index in [4.69, 9.17) is 24.3 Å². The van der Waals surface area contributed by atoms with Gasteiger partial charge < -0.3 is 15.2 Å². The van der Waals surface area contributed by atoms with Crippen LogP contribution < -0.4 is 5.73 Å². The molecule has 3 heterocycles. The quantitative estimate of drug-likeness (QED) is 0.174. The monoisotopic (exact) mass is 500 g/mol. The lowest BCUT2D eigenvalue weighted by molar-refractivity contribution is -0.146. The fourth-order valence-corrected chi connectivity index (χ4v) is 4.40. The van der Waals surface area contributed by atoms with Crippen molar-refractivity contribution < 1.29 is 32.3 Å². The van der Waals surface area contributed by atoms with Gasteiger partial charge in [0.15, 0.2) is 17.0 Å². The summed E-state index contributed by atoms with van der Waals surface area (Å²) in [4.78, 5) is 23.1. The van der Waals surface area contributed by atoms with E-state index in [-0.39, 0.29) is 23.6 Å². The molecule has 1 aliphatic heterocycles. The van der Waals surface area contributed by atoms with Crippen LogP contribution in [0.25, 0.3) is 11.2 Å². The molecule has 0 aliphatic carbocycles. The predicted octanol–water partition coefficient (Wildman–Crippen LogP) is 4.21. The van der Waals surface area contributed by atoms with Gasteiger partial charge in [-0.25, -0.2) is 9.78 Å². The van der Waals surface area contributed by atoms with Gasteiger partial charge in [0, 0.05) is 4.57 Å². The number of fused-ring (bicyclic) bond motifs is 1. The minimum atomic E-state index is -2.52. The molecule has 2 N–H and O–H groups in total. The Balaban J connectivity index is 1.37. The maximum atomic E-state index is 13.6. The molecule has 0 bridgehead atoms. The summed E-state index contributed by atoms with van der Waals surface area (Å²) in [6.45, 7) is 3.81. The molecule has 2 aromatic rings. The summed E-state index contributed by atoms with van der Waals surface area (Å²) < 4.78 is 48.6. The van der Waals surface area contributed by atoms with E-state index in [1.807, 2.05) is 0 Å². The van der Waals surface area contributed by atoms with Gasteiger partial charge in [0.1, 0.15) is 12.8 Å². The minimum absolute atomic E-state index is 0.0242. The molecule has 188 valence electrons. The van der Waals surface area contributed by atoms with Crippen LogP contribution in [0, 0.1) is 6.08 Å². The van der Waals surface area contributed by atoms with E-state index in [9.17, 15) is 13.8 Å². The number of ether oxygens (including phenoxy) is 2. The highest BCUT2D eigenvalue weighted by Gasteiger charge is 2.41. The van der Waals surface area contributed by atoms with Crippen LogP contribution in [0.15, 0.2) is 6.33 Å². The van der Waals surface area contributed by atoms with Gasteiger partial charge in [-0.1, -0.05) is 39.0 Å². The number of halogens is 1. The second-order valence-corrected chi connectivity index (χ2v) is 9.49. The number of nitrogens with two attached hydrogens (primary N) is 1. The average molecular weight is 500 g/mol. The van der Waals surface area contributed by atoms with E-state index in [1.165, 1.54) is 25.6 Å². The summed E-state index contributed by atoms with van der Waals surface area (Å²) in [5.74, 6) is -0.630. The number of nitrogen functional groups attached to an aromatic ring is 1. The Bertz CT molecular complexity index is 992. The highest BCUT2D eigenvalue weighted by molar-refractivity contribution is 7.33. The molecule has 3 rings (SSSR count). The maximum absolute atomic E-state index is 13.6. The summed E-state index contributed by atoms with van der Waals surface area (Å²) in [5, 5.41) is 0. The molecule has 1 unspecified atom stereocenters. The normalized spacial score (nSPS) is 20.7. The number of esters is 1. The zero-order valence-corrected chi connectivity index (χ0v) is 20.5. The number of anilines is 1. The van der Waals surface area contributed by atoms with Gasteiger partial charge in [0.2, 0.25) is 6.61 Å². The van der Waals surface area contributed by atoms with E-state index in [2.05, 4.69) is 21.9 Å². The molecule has 2 aromatic heterocycles. The average Bonchev–Trinajstić information content (AvgIpc) is 3.40. The topological polar surface area (TPSA) is 141 Å². The van der Waals surface area contributed by atoms with Gasteiger partial charge in [-0.15, -0.1) is 9.05 Å². The Morgan fingerprint density at radius 1 is 1.29 bits per heavy atom. The summed E-state index contributed by atoms with van der Waals surface area (Å²) in [5.41, 5.74) is 5.45. The van der Waals surface area contributed by atoms with Crippen molar-refractivity contribution in [1.29, 1.82) is 0 Å². The van der Waals surface area contributed by atoms with Crippen LogP contribution in [-0.4, -0.2) is 50.9 Å². The van der Waals surface area contributed by atoms with Crippen LogP contribution in [0.1, 0.15) is 71.4 Å². The Kier molecular flexibility index (Phi) is 9.63. The molecule has 1 aliphatic rings. The molecule has 0 aromatic carbocycles.